The van der Waals surface area contributed by atoms with Crippen LogP contribution in [0.3, 0.4) is 0 Å². The molecule has 0 radical (unpaired) electrons. The van der Waals surface area contributed by atoms with Crippen LogP contribution in [0.15, 0.2) is 11.4 Å². The molecule has 0 spiro atoms. The first kappa shape index (κ1) is 11.1. The summed E-state index contributed by atoms with van der Waals surface area (Å²) in [5, 5.41) is 1.59. The number of halogens is 1. The zero-order chi connectivity index (χ0) is 10.6. The van der Waals surface area contributed by atoms with Crippen LogP contribution in [0.25, 0.3) is 0 Å². The van der Waals surface area contributed by atoms with Crippen molar-refractivity contribution in [1.29, 1.82) is 0 Å². The Balaban J connectivity index is 2.72. The maximum atomic E-state index is 13.3. The summed E-state index contributed by atoms with van der Waals surface area (Å²) in [6, 6.07) is 1.51. The van der Waals surface area contributed by atoms with Gasteiger partial charge in [0.05, 0.1) is 12.7 Å². The lowest BCUT2D eigenvalue weighted by Gasteiger charge is -2.01. The van der Waals surface area contributed by atoms with Crippen molar-refractivity contribution in [3.8, 4) is 0 Å². The molecule has 0 bridgehead atoms. The van der Waals surface area contributed by atoms with Crippen LogP contribution < -0.4 is 5.73 Å². The zero-order valence-corrected chi connectivity index (χ0v) is 8.64. The van der Waals surface area contributed by atoms with Crippen molar-refractivity contribution >= 4 is 17.3 Å². The Labute approximate surface area is 85.7 Å². The van der Waals surface area contributed by atoms with Crippen LogP contribution in [0.5, 0.6) is 0 Å². The number of hydrogen-bond acceptors (Lipinski definition) is 4. The first-order valence-electron chi connectivity index (χ1n) is 4.20. The van der Waals surface area contributed by atoms with Gasteiger partial charge in [-0.25, -0.2) is 9.18 Å². The molecule has 0 saturated carbocycles. The number of methoxy groups -OCH3 is 1. The number of hydrogen-bond donors (Lipinski definition) is 1. The second-order valence-corrected chi connectivity index (χ2v) is 3.72. The summed E-state index contributed by atoms with van der Waals surface area (Å²) in [6.45, 7) is 0.298. The number of carbonyl (C=O) groups is 1. The van der Waals surface area contributed by atoms with Gasteiger partial charge in [0.1, 0.15) is 6.17 Å². The fourth-order valence-corrected chi connectivity index (χ4v) is 1.92. The maximum absolute atomic E-state index is 13.3. The normalized spacial score (nSPS) is 12.5. The zero-order valence-electron chi connectivity index (χ0n) is 7.83. The molecule has 1 unspecified atom stereocenters. The highest BCUT2D eigenvalue weighted by molar-refractivity contribution is 7.10. The number of nitrogens with two attached hydrogens (primary N) is 1. The smallest absolute Gasteiger partial charge is 0.338 e. The molecule has 1 atom stereocenters. The summed E-state index contributed by atoms with van der Waals surface area (Å²) < 4.78 is 17.8. The standard InChI is InChI=1S/C9H12FNO2S/c1-13-9(12)6-4-8(14-5-6)7(10)2-3-11/h4-5,7H,2-3,11H2,1H3. The molecule has 1 heterocycles. The van der Waals surface area contributed by atoms with E-state index in [1.54, 1.807) is 5.38 Å². The van der Waals surface area contributed by atoms with E-state index in [1.807, 2.05) is 0 Å². The Kier molecular flexibility index (Phi) is 4.03. The Hall–Kier alpha value is -0.940. The van der Waals surface area contributed by atoms with Gasteiger partial charge >= 0.3 is 5.97 Å². The third-order valence-corrected chi connectivity index (χ3v) is 2.79. The molecule has 5 heteroatoms. The van der Waals surface area contributed by atoms with E-state index in [1.165, 1.54) is 24.5 Å². The Morgan fingerprint density at radius 1 is 1.79 bits per heavy atom. The van der Waals surface area contributed by atoms with Crippen molar-refractivity contribution < 1.29 is 13.9 Å². The minimum Gasteiger partial charge on any atom is -0.465 e. The van der Waals surface area contributed by atoms with Crippen LogP contribution >= 0.6 is 11.3 Å². The molecule has 14 heavy (non-hydrogen) atoms. The predicted molar refractivity (Wildman–Crippen MR) is 53.2 cm³/mol. The molecule has 0 fully saturated rings. The summed E-state index contributed by atoms with van der Waals surface area (Å²) in [5.41, 5.74) is 5.63. The fraction of sp³-hybridized carbons (Fsp3) is 0.444. The average molecular weight is 217 g/mol. The van der Waals surface area contributed by atoms with E-state index < -0.39 is 12.1 Å². The van der Waals surface area contributed by atoms with E-state index in [2.05, 4.69) is 4.74 Å². The molecule has 1 aromatic rings. The van der Waals surface area contributed by atoms with Crippen molar-refractivity contribution in [3.05, 3.63) is 21.9 Å². The van der Waals surface area contributed by atoms with Gasteiger partial charge in [0, 0.05) is 10.3 Å². The topological polar surface area (TPSA) is 52.3 Å². The molecule has 3 nitrogen and oxygen atoms in total. The number of alkyl halides is 1. The van der Waals surface area contributed by atoms with E-state index in [4.69, 9.17) is 5.73 Å². The van der Waals surface area contributed by atoms with Crippen LogP contribution in [0.4, 0.5) is 4.39 Å². The highest BCUT2D eigenvalue weighted by atomic mass is 32.1. The number of esters is 1. The average Bonchev–Trinajstić information content (AvgIpc) is 2.66. The monoisotopic (exact) mass is 217 g/mol. The van der Waals surface area contributed by atoms with Crippen LogP contribution in [0.1, 0.15) is 27.8 Å². The van der Waals surface area contributed by atoms with Crippen molar-refractivity contribution in [2.45, 2.75) is 12.6 Å². The first-order chi connectivity index (χ1) is 6.69. The maximum Gasteiger partial charge on any atom is 0.338 e. The van der Waals surface area contributed by atoms with Crippen molar-refractivity contribution in [2.24, 2.45) is 5.73 Å². The lowest BCUT2D eigenvalue weighted by atomic mass is 10.2. The van der Waals surface area contributed by atoms with E-state index in [0.29, 0.717) is 17.0 Å². The summed E-state index contributed by atoms with van der Waals surface area (Å²) in [4.78, 5) is 11.6. The minimum absolute atomic E-state index is 0.279. The Morgan fingerprint density at radius 3 is 3.07 bits per heavy atom. The van der Waals surface area contributed by atoms with Gasteiger partial charge in [-0.15, -0.1) is 11.3 Å². The highest BCUT2D eigenvalue weighted by Crippen LogP contribution is 2.27. The molecule has 0 aliphatic heterocycles. The number of ether oxygens (including phenoxy) is 1. The first-order valence-corrected chi connectivity index (χ1v) is 5.08. The van der Waals surface area contributed by atoms with Crippen molar-refractivity contribution in [3.63, 3.8) is 0 Å². The highest BCUT2D eigenvalue weighted by Gasteiger charge is 2.14. The molecular formula is C9H12FNO2S. The number of thiophene rings is 1. The molecule has 0 aliphatic rings. The van der Waals surface area contributed by atoms with Gasteiger partial charge in [0.2, 0.25) is 0 Å². The number of carbonyl (C=O) groups excluding carboxylic acids is 1. The molecule has 0 amide bonds. The summed E-state index contributed by atoms with van der Waals surface area (Å²) in [5.74, 6) is -0.438. The molecule has 0 saturated heterocycles. The van der Waals surface area contributed by atoms with E-state index >= 15 is 0 Å². The third-order valence-electron chi connectivity index (χ3n) is 1.77. The van der Waals surface area contributed by atoms with Gasteiger partial charge in [0.25, 0.3) is 0 Å². The van der Waals surface area contributed by atoms with Crippen LogP contribution in [0.2, 0.25) is 0 Å². The van der Waals surface area contributed by atoms with E-state index in [9.17, 15) is 9.18 Å². The predicted octanol–water partition coefficient (Wildman–Crippen LogP) is 1.89. The van der Waals surface area contributed by atoms with Gasteiger partial charge in [-0.05, 0) is 19.0 Å². The van der Waals surface area contributed by atoms with Crippen LogP contribution in [-0.4, -0.2) is 19.6 Å². The molecule has 1 aromatic heterocycles. The minimum atomic E-state index is -1.08. The summed E-state index contributed by atoms with van der Waals surface area (Å²) in [6.07, 6.45) is -0.801. The summed E-state index contributed by atoms with van der Waals surface area (Å²) >= 11 is 1.21. The van der Waals surface area contributed by atoms with E-state index in [-0.39, 0.29) is 6.42 Å². The van der Waals surface area contributed by atoms with Crippen molar-refractivity contribution in [2.75, 3.05) is 13.7 Å². The largest absolute Gasteiger partial charge is 0.465 e. The van der Waals surface area contributed by atoms with Crippen LogP contribution in [-0.2, 0) is 4.74 Å². The van der Waals surface area contributed by atoms with E-state index in [0.717, 1.165) is 0 Å². The molecular weight excluding hydrogens is 205 g/mol. The second kappa shape index (κ2) is 5.07. The lowest BCUT2D eigenvalue weighted by Crippen LogP contribution is -2.03. The van der Waals surface area contributed by atoms with Gasteiger partial charge in [-0.3, -0.25) is 0 Å². The second-order valence-electron chi connectivity index (χ2n) is 2.77. The molecule has 1 rings (SSSR count). The molecule has 0 aliphatic carbocycles. The summed E-state index contributed by atoms with van der Waals surface area (Å²) in [7, 11) is 1.30. The number of rotatable bonds is 4. The molecule has 2 N–H and O–H groups in total. The lowest BCUT2D eigenvalue weighted by molar-refractivity contribution is 0.0601. The van der Waals surface area contributed by atoms with Crippen LogP contribution in [0, 0.1) is 0 Å². The van der Waals surface area contributed by atoms with Crippen molar-refractivity contribution in [1.82, 2.24) is 0 Å². The fourth-order valence-electron chi connectivity index (χ4n) is 1.03. The van der Waals surface area contributed by atoms with Gasteiger partial charge in [-0.1, -0.05) is 0 Å². The third kappa shape index (κ3) is 2.52. The SMILES string of the molecule is COC(=O)c1csc(C(F)CCN)c1. The quantitative estimate of drug-likeness (QED) is 0.783. The Morgan fingerprint density at radius 2 is 2.50 bits per heavy atom. The molecule has 0 aromatic carbocycles. The van der Waals surface area contributed by atoms with Gasteiger partial charge < -0.3 is 10.5 Å². The Bertz CT molecular complexity index is 314. The van der Waals surface area contributed by atoms with Gasteiger partial charge in [0.15, 0.2) is 0 Å². The van der Waals surface area contributed by atoms with Gasteiger partial charge in [-0.2, -0.15) is 0 Å². The molecule has 78 valence electrons.